The van der Waals surface area contributed by atoms with Crippen molar-refractivity contribution in [2.24, 2.45) is 11.8 Å². The highest BCUT2D eigenvalue weighted by Gasteiger charge is 2.27. The molecule has 0 saturated heterocycles. The largest absolute Gasteiger partial charge is 0.198 e. The number of nitriles is 1. The van der Waals surface area contributed by atoms with Gasteiger partial charge in [0.15, 0.2) is 0 Å². The quantitative estimate of drug-likeness (QED) is 0.490. The first-order valence-corrected chi connectivity index (χ1v) is 3.09. The van der Waals surface area contributed by atoms with Gasteiger partial charge >= 0.3 is 0 Å². The molecule has 0 heterocycles. The van der Waals surface area contributed by atoms with Gasteiger partial charge in [0, 0.05) is 2.74 Å². The van der Waals surface area contributed by atoms with Crippen LogP contribution in [0.1, 0.15) is 22.5 Å². The highest BCUT2D eigenvalue weighted by Crippen LogP contribution is 2.34. The molecule has 48 valence electrons. The van der Waals surface area contributed by atoms with Crippen molar-refractivity contribution in [2.45, 2.75) is 19.7 Å². The highest BCUT2D eigenvalue weighted by atomic mass is 14.4. The average Bonchev–Trinajstić information content (AvgIpc) is 2.04. The summed E-state index contributed by atoms with van der Waals surface area (Å²) in [6, 6.07) is 2.06. The predicted molar refractivity (Wildman–Crippen MR) is 36.6 cm³/mol. The minimum atomic E-state index is -0.499. The van der Waals surface area contributed by atoms with Crippen LogP contribution in [-0.2, 0) is 0 Å². The summed E-state index contributed by atoms with van der Waals surface area (Å²) < 4.78 is 14.8. The number of allylic oxidation sites excluding steroid dienone is 2. The van der Waals surface area contributed by atoms with Gasteiger partial charge in [-0.1, -0.05) is 12.2 Å². The van der Waals surface area contributed by atoms with E-state index in [-0.39, 0.29) is 11.8 Å². The van der Waals surface area contributed by atoms with E-state index in [0.29, 0.717) is 0 Å². The molecule has 0 aromatic heterocycles. The fourth-order valence-corrected chi connectivity index (χ4v) is 0.886. The van der Waals surface area contributed by atoms with Crippen molar-refractivity contribution in [3.8, 4) is 6.07 Å². The van der Waals surface area contributed by atoms with E-state index in [9.17, 15) is 0 Å². The molecule has 1 fully saturated rings. The molecule has 1 nitrogen and oxygen atoms in total. The van der Waals surface area contributed by atoms with Crippen LogP contribution in [-0.4, -0.2) is 0 Å². The van der Waals surface area contributed by atoms with Gasteiger partial charge in [-0.25, -0.2) is 0 Å². The molecule has 0 N–H and O–H groups in total. The van der Waals surface area contributed by atoms with Crippen molar-refractivity contribution in [3.05, 3.63) is 12.2 Å². The second-order valence-corrected chi connectivity index (χ2v) is 2.14. The summed E-state index contributed by atoms with van der Waals surface area (Å²) in [6.45, 7) is 1.87. The van der Waals surface area contributed by atoms with Gasteiger partial charge in [-0.3, -0.25) is 0 Å². The molecule has 0 spiro atoms. The fourth-order valence-electron chi connectivity index (χ4n) is 0.886. The Morgan fingerprint density at radius 3 is 3.11 bits per heavy atom. The summed E-state index contributed by atoms with van der Waals surface area (Å²) in [4.78, 5) is 0. The second kappa shape index (κ2) is 2.68. The molecule has 9 heavy (non-hydrogen) atoms. The summed E-state index contributed by atoms with van der Waals surface area (Å²) in [5, 5.41) is 8.58. The molecule has 0 aliphatic heterocycles. The first-order chi connectivity index (χ1) is 5.22. The monoisotopic (exact) mass is 123 g/mol. The minimum absolute atomic E-state index is 0.00694. The lowest BCUT2D eigenvalue weighted by Crippen LogP contribution is -2.21. The average molecular weight is 123 g/mol. The Balaban J connectivity index is 2.62. The topological polar surface area (TPSA) is 23.8 Å². The Bertz CT molecular complexity index is 207. The van der Waals surface area contributed by atoms with Crippen molar-refractivity contribution in [3.63, 3.8) is 0 Å². The summed E-state index contributed by atoms with van der Waals surface area (Å²) in [6.07, 6.45) is 2.82. The van der Waals surface area contributed by atoms with Crippen molar-refractivity contribution in [2.75, 3.05) is 0 Å². The summed E-state index contributed by atoms with van der Waals surface area (Å²) in [5.74, 6) is -0.263. The molecule has 1 aliphatic carbocycles. The first-order valence-electron chi connectivity index (χ1n) is 4.24. The van der Waals surface area contributed by atoms with Crippen LogP contribution >= 0.6 is 0 Å². The van der Waals surface area contributed by atoms with Crippen molar-refractivity contribution >= 4 is 0 Å². The van der Waals surface area contributed by atoms with E-state index >= 15 is 0 Å². The lowest BCUT2D eigenvalue weighted by molar-refractivity contribution is 0.294. The molecule has 4 atom stereocenters. The summed E-state index contributed by atoms with van der Waals surface area (Å²) >= 11 is 0. The van der Waals surface area contributed by atoms with E-state index in [2.05, 4.69) is 6.07 Å². The van der Waals surface area contributed by atoms with Crippen molar-refractivity contribution in [1.29, 1.82) is 5.26 Å². The predicted octanol–water partition coefficient (Wildman–Crippen LogP) is 2.11. The standard InChI is InChI=1S/C8H11N/c1-2-3-7-4-5-8(7)6-9/h2-3,7-8H,4-5H2,1H3/b3-2+/t7-,8+/m0/s1/i4D,5D/t4-,5-,7-,8+. The van der Waals surface area contributed by atoms with E-state index in [0.717, 1.165) is 0 Å². The molecule has 0 aromatic carbocycles. The zero-order chi connectivity index (χ0) is 8.43. The van der Waals surface area contributed by atoms with Gasteiger partial charge in [-0.05, 0) is 25.6 Å². The lowest BCUT2D eigenvalue weighted by Gasteiger charge is -2.28. The maximum Gasteiger partial charge on any atom is 0.0661 e. The van der Waals surface area contributed by atoms with Crippen LogP contribution < -0.4 is 0 Å². The Kier molecular flexibility index (Phi) is 1.22. The van der Waals surface area contributed by atoms with Crippen LogP contribution in [0.25, 0.3) is 0 Å². The summed E-state index contributed by atoms with van der Waals surface area (Å²) in [5.41, 5.74) is 0. The molecule has 1 saturated carbocycles. The lowest BCUT2D eigenvalue weighted by atomic mass is 9.74. The Morgan fingerprint density at radius 2 is 2.56 bits per heavy atom. The maximum atomic E-state index is 8.58. The van der Waals surface area contributed by atoms with Gasteiger partial charge in [0.1, 0.15) is 0 Å². The van der Waals surface area contributed by atoms with E-state index in [1.807, 2.05) is 19.1 Å². The highest BCUT2D eigenvalue weighted by molar-refractivity contribution is 5.04. The van der Waals surface area contributed by atoms with E-state index in [1.165, 1.54) is 0 Å². The zero-order valence-electron chi connectivity index (χ0n) is 7.41. The number of rotatable bonds is 1. The molecular weight excluding hydrogens is 110 g/mol. The summed E-state index contributed by atoms with van der Waals surface area (Å²) in [7, 11) is 0. The smallest absolute Gasteiger partial charge is 0.0661 e. The van der Waals surface area contributed by atoms with Crippen molar-refractivity contribution in [1.82, 2.24) is 0 Å². The van der Waals surface area contributed by atoms with E-state index in [1.54, 1.807) is 0 Å². The molecule has 0 bridgehead atoms. The molecule has 1 rings (SSSR count). The number of hydrogen-bond donors (Lipinski definition) is 0. The Morgan fingerprint density at radius 1 is 1.78 bits per heavy atom. The molecule has 0 radical (unpaired) electrons. The van der Waals surface area contributed by atoms with Crippen LogP contribution in [0.15, 0.2) is 12.2 Å². The third-order valence-corrected chi connectivity index (χ3v) is 1.52. The Labute approximate surface area is 58.8 Å². The number of hydrogen-bond acceptors (Lipinski definition) is 1. The first kappa shape index (κ1) is 4.11. The molecule has 1 aliphatic rings. The number of nitrogens with zero attached hydrogens (tertiary/aromatic N) is 1. The maximum absolute atomic E-state index is 8.58. The normalized spacial score (nSPS) is 53.3. The SMILES string of the molecule is [2H][C@H]1[C@H]([2H])[C@H](/C=C/C)[C@H]1C#N. The van der Waals surface area contributed by atoms with Gasteiger partial charge in [0.25, 0.3) is 0 Å². The second-order valence-electron chi connectivity index (χ2n) is 2.14. The van der Waals surface area contributed by atoms with Crippen LogP contribution in [0.4, 0.5) is 0 Å². The fraction of sp³-hybridized carbons (Fsp3) is 0.625. The van der Waals surface area contributed by atoms with Gasteiger partial charge in [0.2, 0.25) is 0 Å². The van der Waals surface area contributed by atoms with Gasteiger partial charge in [0.05, 0.1) is 12.0 Å². The molecular formula is C8H11N. The molecule has 0 unspecified atom stereocenters. The van der Waals surface area contributed by atoms with Gasteiger partial charge in [-0.15, -0.1) is 0 Å². The minimum Gasteiger partial charge on any atom is -0.198 e. The molecule has 1 heteroatoms. The van der Waals surface area contributed by atoms with Crippen molar-refractivity contribution < 1.29 is 2.74 Å². The van der Waals surface area contributed by atoms with E-state index in [4.69, 9.17) is 8.00 Å². The molecule has 0 amide bonds. The van der Waals surface area contributed by atoms with Gasteiger partial charge < -0.3 is 0 Å². The molecule has 0 aromatic rings. The van der Waals surface area contributed by atoms with E-state index < -0.39 is 12.8 Å². The van der Waals surface area contributed by atoms with Crippen LogP contribution in [0.2, 0.25) is 0 Å². The third-order valence-electron chi connectivity index (χ3n) is 1.52. The van der Waals surface area contributed by atoms with Crippen LogP contribution in [0.5, 0.6) is 0 Å². The van der Waals surface area contributed by atoms with Crippen LogP contribution in [0, 0.1) is 23.2 Å². The van der Waals surface area contributed by atoms with Gasteiger partial charge in [-0.2, -0.15) is 5.26 Å². The third kappa shape index (κ3) is 1.13. The Hall–Kier alpha value is -0.770. The zero-order valence-corrected chi connectivity index (χ0v) is 5.41. The van der Waals surface area contributed by atoms with Crippen LogP contribution in [0.3, 0.4) is 0 Å².